The van der Waals surface area contributed by atoms with E-state index in [9.17, 15) is 5.26 Å². The molecule has 0 saturated carbocycles. The van der Waals surface area contributed by atoms with Crippen LogP contribution in [0.4, 0.5) is 0 Å². The molecule has 1 aromatic heterocycles. The minimum absolute atomic E-state index is 0.102. The third kappa shape index (κ3) is 2.69. The van der Waals surface area contributed by atoms with E-state index in [-0.39, 0.29) is 5.90 Å². The van der Waals surface area contributed by atoms with Crippen molar-refractivity contribution in [2.45, 2.75) is 5.92 Å². The maximum Gasteiger partial charge on any atom is 0.244 e. The van der Waals surface area contributed by atoms with Crippen molar-refractivity contribution in [1.29, 1.82) is 10.7 Å². The zero-order valence-electron chi connectivity index (χ0n) is 15.2. The van der Waals surface area contributed by atoms with Crippen LogP contribution in [0.2, 0.25) is 5.02 Å². The molecule has 2 unspecified atom stereocenters. The predicted octanol–water partition coefficient (Wildman–Crippen LogP) is 5.52. The Labute approximate surface area is 172 Å². The third-order valence-corrected chi connectivity index (χ3v) is 5.67. The summed E-state index contributed by atoms with van der Waals surface area (Å²) in [6, 6.07) is 23.8. The van der Waals surface area contributed by atoms with Crippen molar-refractivity contribution in [3.05, 3.63) is 82.9 Å². The Kier molecular flexibility index (Phi) is 4.08. The highest BCUT2D eigenvalue weighted by atomic mass is 35.5. The zero-order valence-corrected chi connectivity index (χ0v) is 15.9. The van der Waals surface area contributed by atoms with Crippen molar-refractivity contribution in [2.75, 3.05) is 0 Å². The van der Waals surface area contributed by atoms with Crippen LogP contribution >= 0.6 is 11.6 Å². The van der Waals surface area contributed by atoms with Crippen LogP contribution in [-0.2, 0) is 0 Å². The van der Waals surface area contributed by atoms with Crippen molar-refractivity contribution < 1.29 is 4.74 Å². The van der Waals surface area contributed by atoms with Gasteiger partial charge in [-0.15, -0.1) is 5.10 Å². The number of aromatic amines is 1. The molecule has 29 heavy (non-hydrogen) atoms. The Bertz CT molecular complexity index is 1300. The van der Waals surface area contributed by atoms with Gasteiger partial charge in [0.05, 0.1) is 17.3 Å². The first-order valence-electron chi connectivity index (χ1n) is 9.15. The molecule has 140 valence electrons. The number of nitrogens with one attached hydrogen (secondary N) is 2. The minimum Gasteiger partial charge on any atom is -0.422 e. The van der Waals surface area contributed by atoms with Gasteiger partial charge in [0.1, 0.15) is 5.92 Å². The highest BCUT2D eigenvalue weighted by Crippen LogP contribution is 2.48. The fraction of sp³-hybridized carbons (Fsp3) is 0.0870. The van der Waals surface area contributed by atoms with E-state index in [0.29, 0.717) is 16.6 Å². The first-order valence-corrected chi connectivity index (χ1v) is 9.53. The lowest BCUT2D eigenvalue weighted by atomic mass is 9.77. The Balaban J connectivity index is 1.82. The summed E-state index contributed by atoms with van der Waals surface area (Å²) in [6.07, 6.45) is 0. The molecule has 2 atom stereocenters. The summed E-state index contributed by atoms with van der Waals surface area (Å²) in [5, 5.41) is 28.2. The smallest absolute Gasteiger partial charge is 0.244 e. The monoisotopic (exact) mass is 398 g/mol. The lowest BCUT2D eigenvalue weighted by Gasteiger charge is -2.29. The first kappa shape index (κ1) is 17.5. The largest absolute Gasteiger partial charge is 0.422 e. The average Bonchev–Trinajstić information content (AvgIpc) is 3.16. The second-order valence-corrected chi connectivity index (χ2v) is 7.32. The van der Waals surface area contributed by atoms with Crippen LogP contribution in [0.5, 0.6) is 5.88 Å². The zero-order chi connectivity index (χ0) is 20.0. The Morgan fingerprint density at radius 3 is 2.62 bits per heavy atom. The molecule has 3 aromatic carbocycles. The molecule has 5 rings (SSSR count). The summed E-state index contributed by atoms with van der Waals surface area (Å²) in [7, 11) is 0. The topological polar surface area (TPSA) is 85.6 Å². The van der Waals surface area contributed by atoms with Crippen LogP contribution in [0.15, 0.2) is 66.7 Å². The highest BCUT2D eigenvalue weighted by molar-refractivity contribution is 6.33. The van der Waals surface area contributed by atoms with Crippen LogP contribution in [0.1, 0.15) is 17.0 Å². The summed E-state index contributed by atoms with van der Waals surface area (Å²) in [5.41, 5.74) is 3.19. The Morgan fingerprint density at radius 1 is 1.03 bits per heavy atom. The number of rotatable bonds is 2. The molecular formula is C23H15ClN4O. The first-order chi connectivity index (χ1) is 14.2. The van der Waals surface area contributed by atoms with Gasteiger partial charge in [0.2, 0.25) is 11.8 Å². The number of fused-ring (bicyclic) bond motifs is 2. The average molecular weight is 399 g/mol. The van der Waals surface area contributed by atoms with Crippen molar-refractivity contribution in [2.24, 2.45) is 5.92 Å². The molecule has 0 saturated heterocycles. The van der Waals surface area contributed by atoms with E-state index in [4.69, 9.17) is 21.7 Å². The molecule has 0 amide bonds. The molecule has 4 aromatic rings. The summed E-state index contributed by atoms with van der Waals surface area (Å²) in [6.45, 7) is 0. The van der Waals surface area contributed by atoms with Gasteiger partial charge in [0.25, 0.3) is 0 Å². The number of halogens is 1. The summed E-state index contributed by atoms with van der Waals surface area (Å²) < 4.78 is 5.62. The molecular weight excluding hydrogens is 384 g/mol. The number of hydrogen-bond acceptors (Lipinski definition) is 4. The van der Waals surface area contributed by atoms with Gasteiger partial charge in [-0.2, -0.15) is 5.26 Å². The number of benzene rings is 3. The standard InChI is InChI=1S/C23H15ClN4O/c24-18-11-4-3-9-16(18)21-20-19(17(12-25)22(26)29-23(20)28-27-21)15-10-5-7-13-6-1-2-8-14(13)15/h1-11,17,19,26H,(H,27,28). The van der Waals surface area contributed by atoms with E-state index in [1.165, 1.54) is 0 Å². The molecule has 5 nitrogen and oxygen atoms in total. The quantitative estimate of drug-likeness (QED) is 0.465. The van der Waals surface area contributed by atoms with Gasteiger partial charge in [-0.1, -0.05) is 72.3 Å². The normalized spacial score (nSPS) is 18.1. The van der Waals surface area contributed by atoms with Crippen molar-refractivity contribution >= 4 is 28.3 Å². The van der Waals surface area contributed by atoms with Gasteiger partial charge in [0.15, 0.2) is 0 Å². The number of H-pyrrole nitrogens is 1. The van der Waals surface area contributed by atoms with E-state index >= 15 is 0 Å². The van der Waals surface area contributed by atoms with Gasteiger partial charge < -0.3 is 4.74 Å². The van der Waals surface area contributed by atoms with E-state index in [2.05, 4.69) is 16.3 Å². The second kappa shape index (κ2) is 6.77. The molecule has 1 aliphatic rings. The molecule has 0 radical (unpaired) electrons. The molecule has 0 aliphatic carbocycles. The number of nitriles is 1. The van der Waals surface area contributed by atoms with Crippen molar-refractivity contribution in [3.63, 3.8) is 0 Å². The number of nitrogens with zero attached hydrogens (tertiary/aromatic N) is 2. The molecule has 2 N–H and O–H groups in total. The van der Waals surface area contributed by atoms with Crippen LogP contribution in [0, 0.1) is 22.7 Å². The summed E-state index contributed by atoms with van der Waals surface area (Å²) in [4.78, 5) is 0. The predicted molar refractivity (Wildman–Crippen MR) is 112 cm³/mol. The second-order valence-electron chi connectivity index (χ2n) is 6.92. The van der Waals surface area contributed by atoms with Crippen LogP contribution in [-0.4, -0.2) is 16.1 Å². The fourth-order valence-electron chi connectivity index (χ4n) is 4.05. The maximum atomic E-state index is 9.92. The molecule has 0 spiro atoms. The van der Waals surface area contributed by atoms with Crippen LogP contribution < -0.4 is 4.74 Å². The number of ether oxygens (including phenoxy) is 1. The minimum atomic E-state index is -0.771. The van der Waals surface area contributed by atoms with Crippen molar-refractivity contribution in [3.8, 4) is 23.2 Å². The maximum absolute atomic E-state index is 9.92. The SMILES string of the molecule is N#CC1C(=N)Oc2n[nH]c(-c3ccccc3Cl)c2C1c1cccc2ccccc12. The lowest BCUT2D eigenvalue weighted by molar-refractivity contribution is 0.438. The van der Waals surface area contributed by atoms with E-state index in [0.717, 1.165) is 27.5 Å². The summed E-state index contributed by atoms with van der Waals surface area (Å²) >= 11 is 6.45. The molecule has 0 bridgehead atoms. The molecule has 0 fully saturated rings. The number of hydrogen-bond donors (Lipinski definition) is 2. The van der Waals surface area contributed by atoms with E-state index in [1.807, 2.05) is 66.7 Å². The van der Waals surface area contributed by atoms with Crippen LogP contribution in [0.3, 0.4) is 0 Å². The molecule has 1 aliphatic heterocycles. The lowest BCUT2D eigenvalue weighted by Crippen LogP contribution is -2.31. The number of aromatic nitrogens is 2. The van der Waals surface area contributed by atoms with Crippen molar-refractivity contribution in [1.82, 2.24) is 10.2 Å². The fourth-order valence-corrected chi connectivity index (χ4v) is 4.28. The van der Waals surface area contributed by atoms with Gasteiger partial charge in [-0.25, -0.2) is 0 Å². The Hall–Kier alpha value is -3.62. The highest BCUT2D eigenvalue weighted by Gasteiger charge is 2.41. The van der Waals surface area contributed by atoms with E-state index in [1.54, 1.807) is 0 Å². The van der Waals surface area contributed by atoms with Crippen LogP contribution in [0.25, 0.3) is 22.0 Å². The molecule has 2 heterocycles. The Morgan fingerprint density at radius 2 is 1.79 bits per heavy atom. The van der Waals surface area contributed by atoms with Gasteiger partial charge in [-0.05, 0) is 22.4 Å². The third-order valence-electron chi connectivity index (χ3n) is 5.34. The van der Waals surface area contributed by atoms with Gasteiger partial charge in [-0.3, -0.25) is 10.5 Å². The van der Waals surface area contributed by atoms with Gasteiger partial charge >= 0.3 is 0 Å². The van der Waals surface area contributed by atoms with Gasteiger partial charge in [0, 0.05) is 16.5 Å². The van der Waals surface area contributed by atoms with E-state index < -0.39 is 11.8 Å². The molecule has 6 heteroatoms. The summed E-state index contributed by atoms with van der Waals surface area (Å²) in [5.74, 6) is -0.969.